The van der Waals surface area contributed by atoms with E-state index >= 15 is 0 Å². The van der Waals surface area contributed by atoms with Gasteiger partial charge in [-0.1, -0.05) is 24.3 Å². The summed E-state index contributed by atoms with van der Waals surface area (Å²) in [5, 5.41) is 2.82. The van der Waals surface area contributed by atoms with E-state index in [0.717, 1.165) is 11.1 Å². The number of carbonyl (C=O) groups excluding carboxylic acids is 2. The molecule has 1 aromatic carbocycles. The Hall–Kier alpha value is -2.95. The summed E-state index contributed by atoms with van der Waals surface area (Å²) in [4.78, 5) is 29.8. The molecular weight excluding hydrogens is 290 g/mol. The number of hydrogen-bond acceptors (Lipinski definition) is 3. The third-order valence-electron chi connectivity index (χ3n) is 3.79. The van der Waals surface area contributed by atoms with E-state index in [1.54, 1.807) is 35.6 Å². The van der Waals surface area contributed by atoms with Crippen molar-refractivity contribution >= 4 is 23.6 Å². The third kappa shape index (κ3) is 3.29. The number of nitrogens with zero attached hydrogens (tertiary/aromatic N) is 2. The highest BCUT2D eigenvalue weighted by Crippen LogP contribution is 2.33. The van der Waals surface area contributed by atoms with Gasteiger partial charge in [-0.3, -0.25) is 14.6 Å². The van der Waals surface area contributed by atoms with Gasteiger partial charge in [0.05, 0.1) is 24.3 Å². The summed E-state index contributed by atoms with van der Waals surface area (Å²) in [5.74, 6) is -0.241. The molecule has 0 radical (unpaired) electrons. The minimum atomic E-state index is -0.301. The van der Waals surface area contributed by atoms with Gasteiger partial charge in [0.25, 0.3) is 0 Å². The van der Waals surface area contributed by atoms with Crippen LogP contribution in [-0.4, -0.2) is 21.7 Å². The smallest absolute Gasteiger partial charge is 0.226 e. The molecule has 0 spiro atoms. The molecular formula is C18H17N3O2. The molecule has 0 fully saturated rings. The van der Waals surface area contributed by atoms with E-state index in [2.05, 4.69) is 10.3 Å². The number of carbonyl (C=O) groups is 2. The topological polar surface area (TPSA) is 62.3 Å². The van der Waals surface area contributed by atoms with Crippen LogP contribution in [0.25, 0.3) is 6.08 Å². The molecule has 1 aliphatic rings. The molecule has 116 valence electrons. The van der Waals surface area contributed by atoms with Crippen molar-refractivity contribution in [3.05, 3.63) is 66.1 Å². The Kier molecular flexibility index (Phi) is 4.19. The van der Waals surface area contributed by atoms with Crippen LogP contribution in [0.4, 0.5) is 5.69 Å². The fourth-order valence-electron chi connectivity index (χ4n) is 2.74. The predicted molar refractivity (Wildman–Crippen MR) is 88.2 cm³/mol. The Morgan fingerprint density at radius 1 is 1.22 bits per heavy atom. The van der Waals surface area contributed by atoms with Gasteiger partial charge in [0.2, 0.25) is 11.8 Å². The van der Waals surface area contributed by atoms with E-state index in [1.165, 1.54) is 6.92 Å². The first-order valence-electron chi connectivity index (χ1n) is 7.41. The second kappa shape index (κ2) is 6.44. The molecule has 2 aromatic rings. The summed E-state index contributed by atoms with van der Waals surface area (Å²) < 4.78 is 0. The summed E-state index contributed by atoms with van der Waals surface area (Å²) in [6.07, 6.45) is 7.07. The number of anilines is 1. The monoisotopic (exact) mass is 307 g/mol. The Labute approximate surface area is 134 Å². The van der Waals surface area contributed by atoms with Crippen LogP contribution in [0.1, 0.15) is 30.5 Å². The number of amides is 2. The van der Waals surface area contributed by atoms with Gasteiger partial charge in [0.15, 0.2) is 0 Å². The van der Waals surface area contributed by atoms with E-state index < -0.39 is 0 Å². The number of fused-ring (bicyclic) bond motifs is 1. The first-order valence-corrected chi connectivity index (χ1v) is 7.41. The lowest BCUT2D eigenvalue weighted by molar-refractivity contribution is -0.129. The largest absolute Gasteiger partial charge is 0.325 e. The highest BCUT2D eigenvalue weighted by molar-refractivity contribution is 5.91. The fourth-order valence-corrected chi connectivity index (χ4v) is 2.74. The average molecular weight is 307 g/mol. The molecule has 23 heavy (non-hydrogen) atoms. The van der Waals surface area contributed by atoms with Crippen molar-refractivity contribution in [1.29, 1.82) is 0 Å². The zero-order valence-corrected chi connectivity index (χ0v) is 12.8. The van der Waals surface area contributed by atoms with E-state index in [4.69, 9.17) is 0 Å². The molecule has 5 nitrogen and oxygen atoms in total. The highest BCUT2D eigenvalue weighted by atomic mass is 16.2. The van der Waals surface area contributed by atoms with Crippen molar-refractivity contribution in [1.82, 2.24) is 9.88 Å². The van der Waals surface area contributed by atoms with Gasteiger partial charge in [-0.05, 0) is 29.3 Å². The third-order valence-corrected chi connectivity index (χ3v) is 3.79. The predicted octanol–water partition coefficient (Wildman–Crippen LogP) is 2.98. The standard InChI is InChI=1S/C18H17N3O2/c1-13(22)21-10-8-14-5-2-3-7-16(14)17(21)11-18(23)20-15-6-4-9-19-12-15/h2-10,12,17H,11H2,1H3,(H,20,23)/t17-/m1/s1. The number of hydrogen-bond donors (Lipinski definition) is 1. The first kappa shape index (κ1) is 15.0. The van der Waals surface area contributed by atoms with E-state index in [-0.39, 0.29) is 24.3 Å². The van der Waals surface area contributed by atoms with Gasteiger partial charge in [0, 0.05) is 19.3 Å². The maximum atomic E-state index is 12.4. The molecule has 0 aliphatic carbocycles. The Morgan fingerprint density at radius 2 is 2.04 bits per heavy atom. The molecule has 5 heteroatoms. The quantitative estimate of drug-likeness (QED) is 0.948. The number of benzene rings is 1. The normalized spacial score (nSPS) is 15.9. The second-order valence-corrected chi connectivity index (χ2v) is 5.38. The van der Waals surface area contributed by atoms with Gasteiger partial charge in [-0.2, -0.15) is 0 Å². The molecule has 0 bridgehead atoms. The first-order chi connectivity index (χ1) is 11.1. The maximum Gasteiger partial charge on any atom is 0.226 e. The van der Waals surface area contributed by atoms with Crippen LogP contribution in [0.15, 0.2) is 55.0 Å². The molecule has 1 atom stereocenters. The van der Waals surface area contributed by atoms with Gasteiger partial charge in [-0.25, -0.2) is 0 Å². The van der Waals surface area contributed by atoms with Gasteiger partial charge >= 0.3 is 0 Å². The van der Waals surface area contributed by atoms with Crippen molar-refractivity contribution in [3.63, 3.8) is 0 Å². The molecule has 0 saturated carbocycles. The van der Waals surface area contributed by atoms with Crippen molar-refractivity contribution in [2.45, 2.75) is 19.4 Å². The number of nitrogens with one attached hydrogen (secondary N) is 1. The molecule has 1 aliphatic heterocycles. The van der Waals surface area contributed by atoms with Crippen LogP contribution in [0.5, 0.6) is 0 Å². The van der Waals surface area contributed by atoms with Gasteiger partial charge in [-0.15, -0.1) is 0 Å². The van der Waals surface area contributed by atoms with Gasteiger partial charge in [0.1, 0.15) is 0 Å². The fraction of sp³-hybridized carbons (Fsp3) is 0.167. The van der Waals surface area contributed by atoms with E-state index in [0.29, 0.717) is 5.69 Å². The highest BCUT2D eigenvalue weighted by Gasteiger charge is 2.28. The van der Waals surface area contributed by atoms with Crippen molar-refractivity contribution in [2.24, 2.45) is 0 Å². The Bertz CT molecular complexity index is 756. The summed E-state index contributed by atoms with van der Waals surface area (Å²) in [6.45, 7) is 1.50. The molecule has 0 unspecified atom stereocenters. The molecule has 3 rings (SSSR count). The number of pyridine rings is 1. The Balaban J connectivity index is 1.82. The summed E-state index contributed by atoms with van der Waals surface area (Å²) >= 11 is 0. The van der Waals surface area contributed by atoms with Crippen LogP contribution < -0.4 is 5.32 Å². The molecule has 0 saturated heterocycles. The summed E-state index contributed by atoms with van der Waals surface area (Å²) in [7, 11) is 0. The van der Waals surface area contributed by atoms with Crippen LogP contribution in [0, 0.1) is 0 Å². The minimum Gasteiger partial charge on any atom is -0.325 e. The van der Waals surface area contributed by atoms with Crippen LogP contribution in [0.2, 0.25) is 0 Å². The van der Waals surface area contributed by atoms with Crippen LogP contribution >= 0.6 is 0 Å². The lowest BCUT2D eigenvalue weighted by Gasteiger charge is -2.32. The van der Waals surface area contributed by atoms with Crippen molar-refractivity contribution in [3.8, 4) is 0 Å². The Morgan fingerprint density at radius 3 is 2.78 bits per heavy atom. The number of rotatable bonds is 3. The molecule has 2 amide bonds. The summed E-state index contributed by atoms with van der Waals surface area (Å²) in [5.41, 5.74) is 2.65. The minimum absolute atomic E-state index is 0.0880. The molecule has 2 heterocycles. The molecule has 1 N–H and O–H groups in total. The zero-order valence-electron chi connectivity index (χ0n) is 12.8. The SMILES string of the molecule is CC(=O)N1C=Cc2ccccc2[C@H]1CC(=O)Nc1cccnc1. The van der Waals surface area contributed by atoms with E-state index in [9.17, 15) is 9.59 Å². The average Bonchev–Trinajstić information content (AvgIpc) is 2.55. The lowest BCUT2D eigenvalue weighted by atomic mass is 9.93. The number of aromatic nitrogens is 1. The maximum absolute atomic E-state index is 12.4. The van der Waals surface area contributed by atoms with Crippen LogP contribution in [0.3, 0.4) is 0 Å². The lowest BCUT2D eigenvalue weighted by Crippen LogP contribution is -2.33. The van der Waals surface area contributed by atoms with Crippen molar-refractivity contribution in [2.75, 3.05) is 5.32 Å². The van der Waals surface area contributed by atoms with Gasteiger partial charge < -0.3 is 10.2 Å². The zero-order chi connectivity index (χ0) is 16.2. The van der Waals surface area contributed by atoms with Crippen molar-refractivity contribution < 1.29 is 9.59 Å². The van der Waals surface area contributed by atoms with E-state index in [1.807, 2.05) is 30.3 Å². The van der Waals surface area contributed by atoms with Crippen LogP contribution in [-0.2, 0) is 9.59 Å². The molecule has 1 aromatic heterocycles. The second-order valence-electron chi connectivity index (χ2n) is 5.38. The summed E-state index contributed by atoms with van der Waals surface area (Å²) in [6, 6.07) is 11.0.